The van der Waals surface area contributed by atoms with Crippen LogP contribution in [0.3, 0.4) is 0 Å². The summed E-state index contributed by atoms with van der Waals surface area (Å²) in [6.07, 6.45) is 7.33. The van der Waals surface area contributed by atoms with E-state index in [9.17, 15) is 0 Å². The van der Waals surface area contributed by atoms with Crippen LogP contribution < -0.4 is 28.3 Å². The standard InChI is InChI=1S/C7H16N2.C7H17NO3.C5H14N2O.C4H11N/c8-4-3-7-9-5-1-2-6-9;1-9-4-5-11-7-6-10-3-2-8;6-2-1-3-7-4-5-8;1-2-3-4-5/h1-8H2;2-8H2,1H3;7-8H,1-6H2;2-5H2,1H3. The highest BCUT2D eigenvalue weighted by atomic mass is 16.5. The Balaban J connectivity index is -0.000000376. The Morgan fingerprint density at radius 3 is 1.79 bits per heavy atom. The number of unbranched alkanes of at least 4 members (excludes halogenated alkanes) is 1. The van der Waals surface area contributed by atoms with Gasteiger partial charge in [-0.2, -0.15) is 0 Å². The second-order valence-electron chi connectivity index (χ2n) is 7.46. The number of nitrogens with zero attached hydrogens (tertiary/aromatic N) is 1. The van der Waals surface area contributed by atoms with E-state index in [0.717, 1.165) is 32.6 Å². The molecule has 0 spiro atoms. The molecular weight excluding hydrogens is 424 g/mol. The number of rotatable bonds is 18. The first-order valence-corrected chi connectivity index (χ1v) is 12.7. The third-order valence-corrected chi connectivity index (χ3v) is 4.35. The molecule has 1 heterocycles. The Labute approximate surface area is 204 Å². The summed E-state index contributed by atoms with van der Waals surface area (Å²) in [5, 5.41) is 11.3. The van der Waals surface area contributed by atoms with Crippen molar-refractivity contribution in [2.24, 2.45) is 22.9 Å². The molecule has 0 aromatic rings. The van der Waals surface area contributed by atoms with E-state index in [1.807, 2.05) is 0 Å². The Morgan fingerprint density at radius 1 is 0.758 bits per heavy atom. The van der Waals surface area contributed by atoms with Crippen LogP contribution in [0.4, 0.5) is 0 Å². The van der Waals surface area contributed by atoms with Crippen molar-refractivity contribution in [3.63, 3.8) is 0 Å². The van der Waals surface area contributed by atoms with Crippen molar-refractivity contribution >= 4 is 0 Å². The van der Waals surface area contributed by atoms with Crippen LogP contribution in [0, 0.1) is 0 Å². The van der Waals surface area contributed by atoms with Crippen molar-refractivity contribution in [3.05, 3.63) is 0 Å². The summed E-state index contributed by atoms with van der Waals surface area (Å²) in [4.78, 5) is 2.49. The molecule has 0 bridgehead atoms. The van der Waals surface area contributed by atoms with E-state index in [0.29, 0.717) is 46.1 Å². The summed E-state index contributed by atoms with van der Waals surface area (Å²) in [6.45, 7) is 13.8. The van der Waals surface area contributed by atoms with Gasteiger partial charge in [-0.3, -0.25) is 0 Å². The molecule has 1 rings (SSSR count). The van der Waals surface area contributed by atoms with Gasteiger partial charge < -0.3 is 52.5 Å². The maximum absolute atomic E-state index is 8.27. The summed E-state index contributed by atoms with van der Waals surface area (Å²) in [5.74, 6) is 0. The maximum atomic E-state index is 8.27. The van der Waals surface area contributed by atoms with Gasteiger partial charge in [0.2, 0.25) is 0 Å². The minimum absolute atomic E-state index is 0.213. The molecule has 1 fully saturated rings. The third-order valence-electron chi connectivity index (χ3n) is 4.35. The van der Waals surface area contributed by atoms with Gasteiger partial charge in [-0.05, 0) is 77.9 Å². The van der Waals surface area contributed by atoms with Gasteiger partial charge in [0.1, 0.15) is 0 Å². The monoisotopic (exact) mass is 482 g/mol. The highest BCUT2D eigenvalue weighted by Crippen LogP contribution is 2.06. The largest absolute Gasteiger partial charge is 0.395 e. The number of likely N-dealkylation sites (tertiary alicyclic amines) is 1. The van der Waals surface area contributed by atoms with Crippen molar-refractivity contribution in [2.75, 3.05) is 106 Å². The number of ether oxygens (including phenoxy) is 3. The predicted molar refractivity (Wildman–Crippen MR) is 140 cm³/mol. The van der Waals surface area contributed by atoms with E-state index >= 15 is 0 Å². The molecule has 1 aliphatic heterocycles. The zero-order chi connectivity index (χ0) is 25.3. The summed E-state index contributed by atoms with van der Waals surface area (Å²) < 4.78 is 15.0. The molecule has 1 saturated heterocycles. The van der Waals surface area contributed by atoms with Gasteiger partial charge in [0.15, 0.2) is 0 Å². The van der Waals surface area contributed by atoms with Crippen LogP contribution in [-0.2, 0) is 14.2 Å². The Morgan fingerprint density at radius 2 is 1.33 bits per heavy atom. The van der Waals surface area contributed by atoms with Crippen molar-refractivity contribution in [3.8, 4) is 0 Å². The van der Waals surface area contributed by atoms with Crippen LogP contribution >= 0.6 is 0 Å². The average molecular weight is 483 g/mol. The molecule has 1 aliphatic rings. The first-order valence-electron chi connectivity index (χ1n) is 12.7. The molecule has 0 radical (unpaired) electrons. The second-order valence-corrected chi connectivity index (χ2v) is 7.46. The number of nitrogens with one attached hydrogen (secondary N) is 1. The van der Waals surface area contributed by atoms with Crippen LogP contribution in [0.2, 0.25) is 0 Å². The van der Waals surface area contributed by atoms with Gasteiger partial charge in [-0.25, -0.2) is 0 Å². The van der Waals surface area contributed by atoms with Gasteiger partial charge in [-0.15, -0.1) is 0 Å². The highest BCUT2D eigenvalue weighted by molar-refractivity contribution is 4.65. The van der Waals surface area contributed by atoms with Crippen LogP contribution in [0.1, 0.15) is 45.4 Å². The van der Waals surface area contributed by atoms with Crippen molar-refractivity contribution in [1.82, 2.24) is 10.2 Å². The molecule has 33 heavy (non-hydrogen) atoms. The van der Waals surface area contributed by atoms with Crippen LogP contribution in [0.25, 0.3) is 0 Å². The normalized spacial score (nSPS) is 12.8. The van der Waals surface area contributed by atoms with Crippen LogP contribution in [0.5, 0.6) is 0 Å². The molecule has 0 atom stereocenters. The van der Waals surface area contributed by atoms with Crippen molar-refractivity contribution in [2.45, 2.75) is 45.4 Å². The molecule has 0 amide bonds. The number of aliphatic hydroxyl groups excluding tert-OH is 1. The smallest absolute Gasteiger partial charge is 0.0701 e. The number of aliphatic hydroxyl groups is 1. The zero-order valence-corrected chi connectivity index (χ0v) is 21.8. The lowest BCUT2D eigenvalue weighted by molar-refractivity contribution is 0.0267. The molecular formula is C23H58N6O4. The second kappa shape index (κ2) is 38.8. The fourth-order valence-electron chi connectivity index (χ4n) is 2.50. The third kappa shape index (κ3) is 42.2. The van der Waals surface area contributed by atoms with Gasteiger partial charge in [-0.1, -0.05) is 13.3 Å². The number of hydrogen-bond donors (Lipinski definition) is 6. The highest BCUT2D eigenvalue weighted by Gasteiger charge is 2.09. The molecule has 0 saturated carbocycles. The van der Waals surface area contributed by atoms with Gasteiger partial charge >= 0.3 is 0 Å². The topological polar surface area (TPSA) is 167 Å². The number of nitrogens with two attached hydrogens (primary N) is 4. The van der Waals surface area contributed by atoms with Crippen molar-refractivity contribution < 1.29 is 19.3 Å². The fraction of sp³-hybridized carbons (Fsp3) is 1.00. The molecule has 10 heteroatoms. The summed E-state index contributed by atoms with van der Waals surface area (Å²) >= 11 is 0. The molecule has 0 unspecified atom stereocenters. The summed E-state index contributed by atoms with van der Waals surface area (Å²) in [6, 6.07) is 0. The average Bonchev–Trinajstić information content (AvgIpc) is 3.36. The van der Waals surface area contributed by atoms with E-state index in [1.54, 1.807) is 7.11 Å². The SMILES string of the molecule is CCCCN.COCCOCCOCCN.NCCCN1CCCC1.NCCCNCCO. The maximum Gasteiger partial charge on any atom is 0.0701 e. The quantitative estimate of drug-likeness (QED) is 0.143. The number of hydrogen-bond acceptors (Lipinski definition) is 10. The molecule has 0 aliphatic carbocycles. The zero-order valence-electron chi connectivity index (χ0n) is 21.8. The lowest BCUT2D eigenvalue weighted by atomic mass is 10.3. The van der Waals surface area contributed by atoms with Crippen LogP contribution in [0.15, 0.2) is 0 Å². The van der Waals surface area contributed by atoms with E-state index in [2.05, 4.69) is 17.1 Å². The fourth-order valence-corrected chi connectivity index (χ4v) is 2.50. The summed E-state index contributed by atoms with van der Waals surface area (Å²) in [5.41, 5.74) is 20.9. The molecule has 0 aromatic heterocycles. The molecule has 10 nitrogen and oxygen atoms in total. The molecule has 204 valence electrons. The lowest BCUT2D eigenvalue weighted by Gasteiger charge is -2.12. The minimum Gasteiger partial charge on any atom is -0.395 e. The molecule has 10 N–H and O–H groups in total. The van der Waals surface area contributed by atoms with Gasteiger partial charge in [0.05, 0.1) is 39.6 Å². The van der Waals surface area contributed by atoms with E-state index < -0.39 is 0 Å². The number of methoxy groups -OCH3 is 1. The first-order chi connectivity index (χ1) is 16.2. The van der Waals surface area contributed by atoms with E-state index in [-0.39, 0.29) is 6.61 Å². The molecule has 0 aromatic carbocycles. The summed E-state index contributed by atoms with van der Waals surface area (Å²) in [7, 11) is 1.65. The van der Waals surface area contributed by atoms with E-state index in [4.69, 9.17) is 42.3 Å². The lowest BCUT2D eigenvalue weighted by Crippen LogP contribution is -2.22. The predicted octanol–water partition coefficient (Wildman–Crippen LogP) is -0.282. The first kappa shape index (κ1) is 37.2. The van der Waals surface area contributed by atoms with Crippen LogP contribution in [-0.4, -0.2) is 116 Å². The van der Waals surface area contributed by atoms with Gasteiger partial charge in [0, 0.05) is 20.2 Å². The van der Waals surface area contributed by atoms with Gasteiger partial charge in [0.25, 0.3) is 0 Å². The Bertz CT molecular complexity index is 286. The minimum atomic E-state index is 0.213. The van der Waals surface area contributed by atoms with E-state index in [1.165, 1.54) is 51.7 Å². The Kier molecular flexibility index (Phi) is 43.7. The Hall–Kier alpha value is -0.400. The van der Waals surface area contributed by atoms with Crippen molar-refractivity contribution in [1.29, 1.82) is 0 Å².